The van der Waals surface area contributed by atoms with E-state index in [-0.39, 0.29) is 0 Å². The van der Waals surface area contributed by atoms with Gasteiger partial charge in [0.2, 0.25) is 0 Å². The number of nitrogens with zero attached hydrogens (tertiary/aromatic N) is 2. The van der Waals surface area contributed by atoms with E-state index < -0.39 is 6.10 Å². The second-order valence-electron chi connectivity index (χ2n) is 7.06. The van der Waals surface area contributed by atoms with E-state index in [1.807, 2.05) is 6.07 Å². The van der Waals surface area contributed by atoms with Crippen LogP contribution in [0.15, 0.2) is 47.5 Å². The molecule has 1 aliphatic rings. The Morgan fingerprint density at radius 3 is 2.64 bits per heavy atom. The summed E-state index contributed by atoms with van der Waals surface area (Å²) in [5.41, 5.74) is 1.37. The maximum atomic E-state index is 10.3. The van der Waals surface area contributed by atoms with Gasteiger partial charge in [0.15, 0.2) is 5.96 Å². The lowest BCUT2D eigenvalue weighted by atomic mass is 10.0. The van der Waals surface area contributed by atoms with Crippen molar-refractivity contribution >= 4 is 28.9 Å². The molecular weight excluding hydrogens is 392 g/mol. The number of halogens is 1. The number of likely N-dealkylation sites (tertiary alicyclic amines) is 1. The number of benzene rings is 1. The molecule has 0 bridgehead atoms. The Morgan fingerprint density at radius 1 is 1.25 bits per heavy atom. The van der Waals surface area contributed by atoms with Crippen LogP contribution < -0.4 is 10.6 Å². The largest absolute Gasteiger partial charge is 0.386 e. The van der Waals surface area contributed by atoms with Crippen LogP contribution in [0, 0.1) is 0 Å². The van der Waals surface area contributed by atoms with Crippen LogP contribution in [0.2, 0.25) is 4.34 Å². The van der Waals surface area contributed by atoms with E-state index in [1.54, 1.807) is 6.07 Å². The van der Waals surface area contributed by atoms with Gasteiger partial charge in [0.1, 0.15) is 6.10 Å². The van der Waals surface area contributed by atoms with Gasteiger partial charge in [-0.2, -0.15) is 0 Å². The van der Waals surface area contributed by atoms with Crippen LogP contribution in [0.5, 0.6) is 0 Å². The standard InChI is InChI=1S/C21H29ClN4OS/c1-2-23-21(24-14-18(27)19-8-9-20(22)28-19)25-17-10-12-26(13-11-17)15-16-6-4-3-5-7-16/h3-9,17-18,27H,2,10-15H2,1H3,(H2,23,24,25). The number of aliphatic hydroxyl groups excluding tert-OH is 1. The summed E-state index contributed by atoms with van der Waals surface area (Å²) >= 11 is 7.35. The van der Waals surface area contributed by atoms with E-state index in [1.165, 1.54) is 16.9 Å². The monoisotopic (exact) mass is 420 g/mol. The Morgan fingerprint density at radius 2 is 2.00 bits per heavy atom. The lowest BCUT2D eigenvalue weighted by Gasteiger charge is -2.33. The molecule has 0 spiro atoms. The summed E-state index contributed by atoms with van der Waals surface area (Å²) in [4.78, 5) is 7.92. The summed E-state index contributed by atoms with van der Waals surface area (Å²) in [5.74, 6) is 0.769. The zero-order valence-corrected chi connectivity index (χ0v) is 17.8. The topological polar surface area (TPSA) is 59.9 Å². The highest BCUT2D eigenvalue weighted by Gasteiger charge is 2.20. The van der Waals surface area contributed by atoms with E-state index >= 15 is 0 Å². The number of piperidine rings is 1. The number of guanidine groups is 1. The summed E-state index contributed by atoms with van der Waals surface area (Å²) in [7, 11) is 0. The Kier molecular flexibility index (Phi) is 8.15. The van der Waals surface area contributed by atoms with Gasteiger partial charge in [-0.15, -0.1) is 11.3 Å². The van der Waals surface area contributed by atoms with E-state index in [2.05, 4.69) is 57.8 Å². The zero-order chi connectivity index (χ0) is 19.8. The molecule has 1 aromatic heterocycles. The fourth-order valence-electron chi connectivity index (χ4n) is 3.37. The number of thiophene rings is 1. The van der Waals surface area contributed by atoms with Crippen LogP contribution in [0.1, 0.15) is 36.3 Å². The van der Waals surface area contributed by atoms with E-state index in [9.17, 15) is 5.11 Å². The third kappa shape index (κ3) is 6.48. The molecule has 1 saturated heterocycles. The van der Waals surface area contributed by atoms with Crippen molar-refractivity contribution in [1.82, 2.24) is 15.5 Å². The van der Waals surface area contributed by atoms with E-state index in [0.717, 1.165) is 49.9 Å². The van der Waals surface area contributed by atoms with Gasteiger partial charge in [0.05, 0.1) is 10.9 Å². The highest BCUT2D eigenvalue weighted by Crippen LogP contribution is 2.26. The van der Waals surface area contributed by atoms with Gasteiger partial charge in [-0.3, -0.25) is 9.89 Å². The van der Waals surface area contributed by atoms with Crippen LogP contribution in [0.4, 0.5) is 0 Å². The second kappa shape index (κ2) is 10.8. The second-order valence-corrected chi connectivity index (χ2v) is 8.80. The minimum atomic E-state index is -0.624. The third-order valence-electron chi connectivity index (χ3n) is 4.87. The number of nitrogens with one attached hydrogen (secondary N) is 2. The minimum Gasteiger partial charge on any atom is -0.386 e. The molecule has 5 nitrogen and oxygen atoms in total. The fraction of sp³-hybridized carbons (Fsp3) is 0.476. The van der Waals surface area contributed by atoms with Crippen molar-refractivity contribution in [3.63, 3.8) is 0 Å². The first-order valence-electron chi connectivity index (χ1n) is 9.88. The normalized spacial score (nSPS) is 17.5. The predicted octanol–water partition coefficient (Wildman–Crippen LogP) is 3.65. The van der Waals surface area contributed by atoms with Gasteiger partial charge in [-0.1, -0.05) is 41.9 Å². The predicted molar refractivity (Wildman–Crippen MR) is 118 cm³/mol. The molecule has 0 aliphatic carbocycles. The molecule has 0 amide bonds. The Bertz CT molecular complexity index is 744. The highest BCUT2D eigenvalue weighted by molar-refractivity contribution is 7.16. The van der Waals surface area contributed by atoms with Crippen molar-refractivity contribution in [1.29, 1.82) is 0 Å². The molecule has 7 heteroatoms. The van der Waals surface area contributed by atoms with Crippen LogP contribution >= 0.6 is 22.9 Å². The summed E-state index contributed by atoms with van der Waals surface area (Å²) in [5, 5.41) is 17.1. The zero-order valence-electron chi connectivity index (χ0n) is 16.3. The fourth-order valence-corrected chi connectivity index (χ4v) is 4.40. The summed E-state index contributed by atoms with van der Waals surface area (Å²) in [6.07, 6.45) is 1.54. The third-order valence-corrected chi connectivity index (χ3v) is 6.20. The number of rotatable bonds is 7. The van der Waals surface area contributed by atoms with Crippen molar-refractivity contribution < 1.29 is 5.11 Å². The molecule has 2 aromatic rings. The molecule has 0 radical (unpaired) electrons. The molecular formula is C21H29ClN4OS. The Balaban J connectivity index is 1.47. The molecule has 0 saturated carbocycles. The van der Waals surface area contributed by atoms with Gasteiger partial charge in [-0.25, -0.2) is 0 Å². The average Bonchev–Trinajstić information content (AvgIpc) is 3.15. The lowest BCUT2D eigenvalue weighted by Crippen LogP contribution is -2.48. The van der Waals surface area contributed by atoms with E-state index in [4.69, 9.17) is 11.6 Å². The SMILES string of the molecule is CCNC(=NCC(O)c1ccc(Cl)s1)NC1CCN(Cc2ccccc2)CC1. The van der Waals surface area contributed by atoms with Crippen molar-refractivity contribution in [3.05, 3.63) is 57.2 Å². The first-order chi connectivity index (χ1) is 13.6. The minimum absolute atomic E-state index is 0.318. The molecule has 152 valence electrons. The molecule has 1 fully saturated rings. The quantitative estimate of drug-likeness (QED) is 0.472. The Labute approximate surface area is 176 Å². The van der Waals surface area contributed by atoms with Gasteiger partial charge in [0, 0.05) is 37.1 Å². The number of hydrogen-bond donors (Lipinski definition) is 3. The number of aliphatic hydroxyl groups is 1. The molecule has 3 N–H and O–H groups in total. The molecule has 1 aromatic carbocycles. The van der Waals surface area contributed by atoms with Crippen molar-refractivity contribution in [2.75, 3.05) is 26.2 Å². The lowest BCUT2D eigenvalue weighted by molar-refractivity contribution is 0.190. The van der Waals surface area contributed by atoms with Crippen LogP contribution in [-0.4, -0.2) is 48.2 Å². The first kappa shape index (κ1) is 21.1. The maximum absolute atomic E-state index is 10.3. The molecule has 28 heavy (non-hydrogen) atoms. The van der Waals surface area contributed by atoms with Crippen LogP contribution in [0.3, 0.4) is 0 Å². The summed E-state index contributed by atoms with van der Waals surface area (Å²) < 4.78 is 0.685. The summed E-state index contributed by atoms with van der Waals surface area (Å²) in [6.45, 7) is 6.32. The highest BCUT2D eigenvalue weighted by atomic mass is 35.5. The van der Waals surface area contributed by atoms with Gasteiger partial charge >= 0.3 is 0 Å². The number of hydrogen-bond acceptors (Lipinski definition) is 4. The van der Waals surface area contributed by atoms with Gasteiger partial charge in [0.25, 0.3) is 0 Å². The van der Waals surface area contributed by atoms with Gasteiger partial charge < -0.3 is 15.7 Å². The Hall–Kier alpha value is -1.60. The number of aliphatic imine (C=N–C) groups is 1. The van der Waals surface area contributed by atoms with Gasteiger partial charge in [-0.05, 0) is 37.5 Å². The smallest absolute Gasteiger partial charge is 0.191 e. The maximum Gasteiger partial charge on any atom is 0.191 e. The summed E-state index contributed by atoms with van der Waals surface area (Å²) in [6, 6.07) is 14.7. The molecule has 1 unspecified atom stereocenters. The van der Waals surface area contributed by atoms with Crippen molar-refractivity contribution in [2.24, 2.45) is 4.99 Å². The average molecular weight is 421 g/mol. The first-order valence-corrected chi connectivity index (χ1v) is 11.1. The van der Waals surface area contributed by atoms with Crippen molar-refractivity contribution in [2.45, 2.75) is 38.5 Å². The molecule has 3 rings (SSSR count). The van der Waals surface area contributed by atoms with Crippen LogP contribution in [0.25, 0.3) is 0 Å². The molecule has 1 aliphatic heterocycles. The van der Waals surface area contributed by atoms with Crippen molar-refractivity contribution in [3.8, 4) is 0 Å². The van der Waals surface area contributed by atoms with Crippen LogP contribution in [-0.2, 0) is 6.54 Å². The molecule has 2 heterocycles. The van der Waals surface area contributed by atoms with E-state index in [0.29, 0.717) is 16.9 Å². The molecule has 1 atom stereocenters.